The van der Waals surface area contributed by atoms with Gasteiger partial charge in [-0.05, 0) is 61.0 Å². The molecule has 0 saturated carbocycles. The lowest BCUT2D eigenvalue weighted by Gasteiger charge is -2.14. The Morgan fingerprint density at radius 1 is 0.769 bits per heavy atom. The van der Waals surface area contributed by atoms with E-state index in [2.05, 4.69) is 45.5 Å². The molecule has 9 rings (SSSR count). The Kier molecular flexibility index (Phi) is 7.58. The lowest BCUT2D eigenvalue weighted by Crippen LogP contribution is -2.11. The number of aromatic amines is 1. The number of nitrogens with zero attached hydrogens (tertiary/aromatic N) is 10. The highest BCUT2D eigenvalue weighted by molar-refractivity contribution is 5.88. The second-order valence-electron chi connectivity index (χ2n) is 11.4. The van der Waals surface area contributed by atoms with Gasteiger partial charge in [0.2, 0.25) is 11.9 Å². The summed E-state index contributed by atoms with van der Waals surface area (Å²) in [7, 11) is 0. The molecule has 0 fully saturated rings. The van der Waals surface area contributed by atoms with Crippen molar-refractivity contribution >= 4 is 45.1 Å². The number of hydrogen-bond donors (Lipinski definition) is 3. The third-order valence-corrected chi connectivity index (χ3v) is 8.10. The molecule has 1 unspecified atom stereocenters. The smallest absolute Gasteiger partial charge is 0.416 e. The van der Waals surface area contributed by atoms with Crippen LogP contribution in [-0.2, 0) is 6.18 Å². The normalized spacial score (nSPS) is 12.4. The molecule has 260 valence electrons. The molecule has 0 amide bonds. The Bertz CT molecular complexity index is 2680. The second kappa shape index (κ2) is 12.3. The predicted molar refractivity (Wildman–Crippen MR) is 179 cm³/mol. The minimum atomic E-state index is -4.39. The summed E-state index contributed by atoms with van der Waals surface area (Å²) in [5.74, 6) is 0.511. The van der Waals surface area contributed by atoms with Crippen LogP contribution in [0.15, 0.2) is 94.3 Å². The fourth-order valence-electron chi connectivity index (χ4n) is 5.59. The van der Waals surface area contributed by atoms with E-state index in [0.29, 0.717) is 56.3 Å². The van der Waals surface area contributed by atoms with Crippen LogP contribution in [0.5, 0.6) is 0 Å². The SMILES string of the molecule is CC(c1ccc(C(F)(F)F)cc1)n1nnc2c(-c3ccco3)nc(N)nc21.Nc1nc(-c2ccco2)c2nnn(-c3cc4cc[nH]c4cc3F)c2n1. The first-order chi connectivity index (χ1) is 25.0. The number of benzene rings is 2. The van der Waals surface area contributed by atoms with Crippen LogP contribution in [0.25, 0.3) is 61.8 Å². The molecule has 9 aromatic rings. The minimum absolute atomic E-state index is 0.0112. The fraction of sp³-hybridized carbons (Fsp3) is 0.0909. The molecule has 5 N–H and O–H groups in total. The number of hydrogen-bond acceptors (Lipinski definition) is 12. The Morgan fingerprint density at radius 3 is 2.00 bits per heavy atom. The van der Waals surface area contributed by atoms with Crippen molar-refractivity contribution in [1.29, 1.82) is 0 Å². The van der Waals surface area contributed by atoms with Gasteiger partial charge < -0.3 is 25.3 Å². The standard InChI is InChI=1S/C17H13F3N6O.C16H10FN7O/c1-9(10-4-6-11(7-5-10)17(18,19)20)26-15-14(24-25-26)13(22-16(21)23-15)12-3-2-8-27-12;17-9-7-10-8(3-4-19-10)6-11(9)24-15-14(22-23-24)13(20-16(18)21-15)12-2-1-5-25-12/h2-9H,1H3,(H2,21,22,23);1-7,19H,(H2,18,20,21). The molecule has 7 aromatic heterocycles. The van der Waals surface area contributed by atoms with Gasteiger partial charge in [0.15, 0.2) is 39.7 Å². The summed E-state index contributed by atoms with van der Waals surface area (Å²) in [5, 5.41) is 17.2. The van der Waals surface area contributed by atoms with E-state index in [9.17, 15) is 17.6 Å². The predicted octanol–water partition coefficient (Wildman–Crippen LogP) is 6.36. The maximum absolute atomic E-state index is 14.6. The number of nitrogens with two attached hydrogens (primary N) is 2. The van der Waals surface area contributed by atoms with Crippen molar-refractivity contribution in [3.8, 4) is 28.6 Å². The summed E-state index contributed by atoms with van der Waals surface area (Å²) in [5.41, 5.74) is 14.7. The van der Waals surface area contributed by atoms with Gasteiger partial charge in [0.1, 0.15) is 17.1 Å². The van der Waals surface area contributed by atoms with Crippen molar-refractivity contribution < 1.29 is 26.4 Å². The van der Waals surface area contributed by atoms with Crippen LogP contribution in [0, 0.1) is 5.82 Å². The van der Waals surface area contributed by atoms with E-state index in [1.165, 1.54) is 40.1 Å². The van der Waals surface area contributed by atoms with Gasteiger partial charge in [-0.25, -0.2) is 19.0 Å². The summed E-state index contributed by atoms with van der Waals surface area (Å²) in [6.45, 7) is 1.78. The molecule has 19 heteroatoms. The van der Waals surface area contributed by atoms with Crippen LogP contribution in [0.1, 0.15) is 24.1 Å². The molecule has 2 aromatic carbocycles. The molecular weight excluding hydrogens is 686 g/mol. The molecule has 1 atom stereocenters. The Hall–Kier alpha value is -7.18. The van der Waals surface area contributed by atoms with Crippen molar-refractivity contribution in [2.24, 2.45) is 0 Å². The van der Waals surface area contributed by atoms with E-state index in [1.807, 2.05) is 6.07 Å². The average Bonchev–Trinajstić information content (AvgIpc) is 3.97. The van der Waals surface area contributed by atoms with Gasteiger partial charge in [0, 0.05) is 23.2 Å². The first-order valence-electron chi connectivity index (χ1n) is 15.3. The molecule has 0 bridgehead atoms. The monoisotopic (exact) mass is 709 g/mol. The minimum Gasteiger partial charge on any atom is -0.463 e. The van der Waals surface area contributed by atoms with Crippen molar-refractivity contribution in [2.45, 2.75) is 19.1 Å². The molecule has 0 spiro atoms. The number of aromatic nitrogens is 11. The van der Waals surface area contributed by atoms with Gasteiger partial charge in [0.25, 0.3) is 0 Å². The first kappa shape index (κ1) is 32.0. The fourth-order valence-corrected chi connectivity index (χ4v) is 5.59. The summed E-state index contributed by atoms with van der Waals surface area (Å²) in [6.07, 6.45) is 0.363. The van der Waals surface area contributed by atoms with Gasteiger partial charge in [-0.2, -0.15) is 27.8 Å². The van der Waals surface area contributed by atoms with Gasteiger partial charge in [-0.15, -0.1) is 10.2 Å². The highest BCUT2D eigenvalue weighted by atomic mass is 19.4. The number of anilines is 2. The molecular formula is C33H23F4N13O2. The average molecular weight is 710 g/mol. The van der Waals surface area contributed by atoms with E-state index in [1.54, 1.807) is 43.5 Å². The van der Waals surface area contributed by atoms with E-state index in [-0.39, 0.29) is 17.6 Å². The van der Waals surface area contributed by atoms with E-state index >= 15 is 0 Å². The van der Waals surface area contributed by atoms with Gasteiger partial charge >= 0.3 is 6.18 Å². The van der Waals surface area contributed by atoms with Crippen LogP contribution < -0.4 is 11.5 Å². The molecule has 0 aliphatic rings. The van der Waals surface area contributed by atoms with Gasteiger partial charge in [0.05, 0.1) is 24.1 Å². The van der Waals surface area contributed by atoms with Crippen LogP contribution >= 0.6 is 0 Å². The van der Waals surface area contributed by atoms with Crippen LogP contribution in [0.3, 0.4) is 0 Å². The van der Waals surface area contributed by atoms with E-state index < -0.39 is 23.6 Å². The highest BCUT2D eigenvalue weighted by Gasteiger charge is 2.30. The molecule has 0 saturated heterocycles. The Morgan fingerprint density at radius 2 is 1.38 bits per heavy atom. The molecule has 7 heterocycles. The van der Waals surface area contributed by atoms with E-state index in [4.69, 9.17) is 20.3 Å². The van der Waals surface area contributed by atoms with Crippen molar-refractivity contribution in [3.05, 3.63) is 102 Å². The van der Waals surface area contributed by atoms with Gasteiger partial charge in [-0.3, -0.25) is 0 Å². The number of nitrogen functional groups attached to an aromatic ring is 2. The second-order valence-corrected chi connectivity index (χ2v) is 11.4. The quantitative estimate of drug-likeness (QED) is 0.167. The number of halogens is 4. The Labute approximate surface area is 287 Å². The maximum Gasteiger partial charge on any atom is 0.416 e. The van der Waals surface area contributed by atoms with Crippen LogP contribution in [0.4, 0.5) is 29.5 Å². The zero-order valence-electron chi connectivity index (χ0n) is 26.6. The van der Waals surface area contributed by atoms with E-state index in [0.717, 1.165) is 17.5 Å². The van der Waals surface area contributed by atoms with Crippen molar-refractivity contribution in [3.63, 3.8) is 0 Å². The molecule has 0 aliphatic carbocycles. The molecule has 0 aliphatic heterocycles. The van der Waals surface area contributed by atoms with Crippen LogP contribution in [-0.4, -0.2) is 54.9 Å². The summed E-state index contributed by atoms with van der Waals surface area (Å²) < 4.78 is 66.4. The van der Waals surface area contributed by atoms with Crippen molar-refractivity contribution in [2.75, 3.05) is 11.5 Å². The van der Waals surface area contributed by atoms with Crippen LogP contribution in [0.2, 0.25) is 0 Å². The number of alkyl halides is 3. The summed E-state index contributed by atoms with van der Waals surface area (Å²) in [4.78, 5) is 19.7. The first-order valence-corrected chi connectivity index (χ1v) is 15.3. The molecule has 52 heavy (non-hydrogen) atoms. The topological polar surface area (TPSA) is 207 Å². The van der Waals surface area contributed by atoms with Gasteiger partial charge in [-0.1, -0.05) is 22.6 Å². The zero-order chi connectivity index (χ0) is 36.1. The number of fused-ring (bicyclic) bond motifs is 3. The number of rotatable bonds is 5. The number of H-pyrrole nitrogens is 1. The summed E-state index contributed by atoms with van der Waals surface area (Å²) >= 11 is 0. The lowest BCUT2D eigenvalue weighted by atomic mass is 10.1. The Balaban J connectivity index is 0.000000149. The highest BCUT2D eigenvalue weighted by Crippen LogP contribution is 2.32. The largest absolute Gasteiger partial charge is 0.463 e. The zero-order valence-corrected chi connectivity index (χ0v) is 26.6. The third kappa shape index (κ3) is 5.68. The maximum atomic E-state index is 14.6. The number of furan rings is 2. The molecule has 15 nitrogen and oxygen atoms in total. The molecule has 0 radical (unpaired) electrons. The number of nitrogens with one attached hydrogen (secondary N) is 1. The summed E-state index contributed by atoms with van der Waals surface area (Å²) in [6, 6.07) is 16.2. The van der Waals surface area contributed by atoms with Crippen molar-refractivity contribution in [1.82, 2.24) is 54.9 Å². The third-order valence-electron chi connectivity index (χ3n) is 8.10. The lowest BCUT2D eigenvalue weighted by molar-refractivity contribution is -0.137.